The molecular formula is C18H17NO4. The normalized spacial score (nSPS) is 16.7. The van der Waals surface area contributed by atoms with Crippen molar-refractivity contribution in [2.24, 2.45) is 4.99 Å². The molecule has 0 amide bonds. The zero-order chi connectivity index (χ0) is 16.2. The fourth-order valence-electron chi connectivity index (χ4n) is 2.46. The second kappa shape index (κ2) is 6.52. The summed E-state index contributed by atoms with van der Waals surface area (Å²) in [5, 5.41) is 0. The summed E-state index contributed by atoms with van der Waals surface area (Å²) in [5.74, 6) is 1.32. The van der Waals surface area contributed by atoms with Crippen LogP contribution < -0.4 is 9.47 Å². The molecule has 1 heterocycles. The molecular weight excluding hydrogens is 294 g/mol. The number of methoxy groups -OCH3 is 2. The quantitative estimate of drug-likeness (QED) is 0.797. The molecule has 0 saturated carbocycles. The van der Waals surface area contributed by atoms with Crippen LogP contribution in [0, 0.1) is 0 Å². The maximum absolute atomic E-state index is 12.0. The van der Waals surface area contributed by atoms with Gasteiger partial charge in [-0.05, 0) is 29.8 Å². The van der Waals surface area contributed by atoms with E-state index in [1.807, 2.05) is 48.5 Å². The van der Waals surface area contributed by atoms with Gasteiger partial charge in [-0.25, -0.2) is 9.79 Å². The third-order valence-corrected chi connectivity index (χ3v) is 3.64. The second-order valence-electron chi connectivity index (χ2n) is 5.13. The minimum atomic E-state index is -0.539. The summed E-state index contributed by atoms with van der Waals surface area (Å²) in [5.41, 5.74) is 1.73. The third-order valence-electron chi connectivity index (χ3n) is 3.64. The summed E-state index contributed by atoms with van der Waals surface area (Å²) in [4.78, 5) is 16.5. The van der Waals surface area contributed by atoms with Gasteiger partial charge in [0.05, 0.1) is 14.2 Å². The molecule has 0 spiro atoms. The van der Waals surface area contributed by atoms with Crippen molar-refractivity contribution >= 4 is 11.9 Å². The Morgan fingerprint density at radius 3 is 2.48 bits per heavy atom. The SMILES string of the molecule is COc1ccc(C[C@H]2N=C(c3ccccc3)OC2=O)cc1OC. The van der Waals surface area contributed by atoms with Crippen molar-refractivity contribution < 1.29 is 19.0 Å². The summed E-state index contributed by atoms with van der Waals surface area (Å²) >= 11 is 0. The van der Waals surface area contributed by atoms with Crippen LogP contribution in [0.3, 0.4) is 0 Å². The number of nitrogens with zero attached hydrogens (tertiary/aromatic N) is 1. The highest BCUT2D eigenvalue weighted by Gasteiger charge is 2.30. The summed E-state index contributed by atoms with van der Waals surface area (Å²) < 4.78 is 15.8. The Bertz CT molecular complexity index is 740. The first-order chi connectivity index (χ1) is 11.2. The van der Waals surface area contributed by atoms with Gasteiger partial charge in [-0.2, -0.15) is 0 Å². The van der Waals surface area contributed by atoms with Crippen molar-refractivity contribution in [3.63, 3.8) is 0 Å². The molecule has 0 radical (unpaired) electrons. The van der Waals surface area contributed by atoms with Crippen molar-refractivity contribution in [2.75, 3.05) is 14.2 Å². The molecule has 0 bridgehead atoms. The number of cyclic esters (lactones) is 1. The first-order valence-corrected chi connectivity index (χ1v) is 7.27. The van der Waals surface area contributed by atoms with E-state index in [2.05, 4.69) is 4.99 Å². The predicted molar refractivity (Wildman–Crippen MR) is 86.1 cm³/mol. The van der Waals surface area contributed by atoms with Crippen LogP contribution >= 0.6 is 0 Å². The summed E-state index contributed by atoms with van der Waals surface area (Å²) in [6, 6.07) is 14.4. The Morgan fingerprint density at radius 2 is 1.78 bits per heavy atom. The third kappa shape index (κ3) is 3.18. The standard InChI is InChI=1S/C18H17NO4/c1-21-15-9-8-12(11-16(15)22-2)10-14-18(20)23-17(19-14)13-6-4-3-5-7-13/h3-9,11,14H,10H2,1-2H3/t14-/m1/s1. The smallest absolute Gasteiger partial charge is 0.338 e. The van der Waals surface area contributed by atoms with Crippen LogP contribution in [0.25, 0.3) is 0 Å². The Labute approximate surface area is 134 Å². The fraction of sp³-hybridized carbons (Fsp3) is 0.222. The number of carbonyl (C=O) groups excluding carboxylic acids is 1. The lowest BCUT2D eigenvalue weighted by atomic mass is 10.1. The molecule has 1 aliphatic heterocycles. The molecule has 23 heavy (non-hydrogen) atoms. The van der Waals surface area contributed by atoms with Crippen LogP contribution in [0.1, 0.15) is 11.1 Å². The lowest BCUT2D eigenvalue weighted by molar-refractivity contribution is -0.134. The van der Waals surface area contributed by atoms with Crippen molar-refractivity contribution in [1.82, 2.24) is 0 Å². The van der Waals surface area contributed by atoms with Gasteiger partial charge in [-0.15, -0.1) is 0 Å². The van der Waals surface area contributed by atoms with Crippen LogP contribution in [0.4, 0.5) is 0 Å². The van der Waals surface area contributed by atoms with Crippen LogP contribution in [0.15, 0.2) is 53.5 Å². The Morgan fingerprint density at radius 1 is 1.04 bits per heavy atom. The number of esters is 1. The lowest BCUT2D eigenvalue weighted by Crippen LogP contribution is -2.17. The minimum Gasteiger partial charge on any atom is -0.493 e. The van der Waals surface area contributed by atoms with Gasteiger partial charge in [0.15, 0.2) is 17.5 Å². The number of benzene rings is 2. The molecule has 3 rings (SSSR count). The first kappa shape index (κ1) is 15.1. The van der Waals surface area contributed by atoms with Gasteiger partial charge >= 0.3 is 5.97 Å². The zero-order valence-electron chi connectivity index (χ0n) is 13.0. The molecule has 5 heteroatoms. The molecule has 0 aliphatic carbocycles. The molecule has 0 fully saturated rings. The van der Waals surface area contributed by atoms with Gasteiger partial charge in [0.1, 0.15) is 0 Å². The van der Waals surface area contributed by atoms with Crippen LogP contribution in [-0.2, 0) is 16.0 Å². The highest BCUT2D eigenvalue weighted by molar-refractivity contribution is 6.06. The molecule has 118 valence electrons. The summed E-state index contributed by atoms with van der Waals surface area (Å²) in [6.45, 7) is 0. The number of ether oxygens (including phenoxy) is 3. The van der Waals surface area contributed by atoms with E-state index in [4.69, 9.17) is 14.2 Å². The maximum Gasteiger partial charge on any atom is 0.338 e. The maximum atomic E-state index is 12.0. The van der Waals surface area contributed by atoms with E-state index in [9.17, 15) is 4.79 Å². The number of aliphatic imine (C=N–C) groups is 1. The lowest BCUT2D eigenvalue weighted by Gasteiger charge is -2.10. The average molecular weight is 311 g/mol. The molecule has 1 aliphatic rings. The Hall–Kier alpha value is -2.82. The number of hydrogen-bond donors (Lipinski definition) is 0. The summed E-state index contributed by atoms with van der Waals surface area (Å²) in [7, 11) is 3.17. The number of carbonyl (C=O) groups is 1. The number of rotatable bonds is 5. The van der Waals surface area contributed by atoms with Gasteiger partial charge in [0.25, 0.3) is 0 Å². The van der Waals surface area contributed by atoms with Crippen molar-refractivity contribution in [2.45, 2.75) is 12.5 Å². The van der Waals surface area contributed by atoms with Gasteiger partial charge in [-0.1, -0.05) is 24.3 Å². The molecule has 0 aromatic heterocycles. The van der Waals surface area contributed by atoms with E-state index in [0.717, 1.165) is 11.1 Å². The number of hydrogen-bond acceptors (Lipinski definition) is 5. The predicted octanol–water partition coefficient (Wildman–Crippen LogP) is 2.62. The largest absolute Gasteiger partial charge is 0.493 e. The molecule has 0 unspecified atom stereocenters. The molecule has 0 N–H and O–H groups in total. The molecule has 2 aromatic rings. The highest BCUT2D eigenvalue weighted by Crippen LogP contribution is 2.28. The average Bonchev–Trinajstić information content (AvgIpc) is 2.96. The van der Waals surface area contributed by atoms with Crippen molar-refractivity contribution in [3.8, 4) is 11.5 Å². The summed E-state index contributed by atoms with van der Waals surface area (Å²) in [6.07, 6.45) is 0.454. The van der Waals surface area contributed by atoms with E-state index >= 15 is 0 Å². The van der Waals surface area contributed by atoms with Gasteiger partial charge in [0.2, 0.25) is 5.90 Å². The first-order valence-electron chi connectivity index (χ1n) is 7.27. The van der Waals surface area contributed by atoms with E-state index in [1.54, 1.807) is 14.2 Å². The second-order valence-corrected chi connectivity index (χ2v) is 5.13. The zero-order valence-corrected chi connectivity index (χ0v) is 13.0. The fourth-order valence-corrected chi connectivity index (χ4v) is 2.46. The molecule has 5 nitrogen and oxygen atoms in total. The van der Waals surface area contributed by atoms with E-state index < -0.39 is 6.04 Å². The van der Waals surface area contributed by atoms with Crippen LogP contribution in [0.2, 0.25) is 0 Å². The van der Waals surface area contributed by atoms with Crippen LogP contribution in [0.5, 0.6) is 11.5 Å². The van der Waals surface area contributed by atoms with Gasteiger partial charge < -0.3 is 14.2 Å². The van der Waals surface area contributed by atoms with Crippen LogP contribution in [-0.4, -0.2) is 32.1 Å². The van der Waals surface area contributed by atoms with E-state index in [1.165, 1.54) is 0 Å². The topological polar surface area (TPSA) is 57.1 Å². The van der Waals surface area contributed by atoms with E-state index in [-0.39, 0.29) is 5.97 Å². The monoisotopic (exact) mass is 311 g/mol. The van der Waals surface area contributed by atoms with Gasteiger partial charge in [0, 0.05) is 12.0 Å². The highest BCUT2D eigenvalue weighted by atomic mass is 16.6. The van der Waals surface area contributed by atoms with Crippen molar-refractivity contribution in [1.29, 1.82) is 0 Å². The minimum absolute atomic E-state index is 0.335. The van der Waals surface area contributed by atoms with E-state index in [0.29, 0.717) is 23.8 Å². The molecule has 2 aromatic carbocycles. The Balaban J connectivity index is 1.80. The molecule has 1 atom stereocenters. The van der Waals surface area contributed by atoms with Crippen molar-refractivity contribution in [3.05, 3.63) is 59.7 Å². The molecule has 0 saturated heterocycles. The van der Waals surface area contributed by atoms with Gasteiger partial charge in [-0.3, -0.25) is 0 Å². The Kier molecular flexibility index (Phi) is 4.28.